The summed E-state index contributed by atoms with van der Waals surface area (Å²) < 4.78 is 22.7. The summed E-state index contributed by atoms with van der Waals surface area (Å²) in [6.07, 6.45) is 0. The van der Waals surface area contributed by atoms with Gasteiger partial charge in [0.25, 0.3) is 0 Å². The minimum atomic E-state index is -1.10. The number of hydrogen-bond acceptors (Lipinski definition) is 4. The Hall–Kier alpha value is -2.01. The normalized spacial score (nSPS) is 11.8. The van der Waals surface area contributed by atoms with Crippen molar-refractivity contribution in [3.63, 3.8) is 0 Å². The third-order valence-electron chi connectivity index (χ3n) is 2.72. The van der Waals surface area contributed by atoms with Gasteiger partial charge >= 0.3 is 0 Å². The fraction of sp³-hybridized carbons (Fsp3) is 0.200. The summed E-state index contributed by atoms with van der Waals surface area (Å²) in [5, 5.41) is 0. The zero-order valence-corrected chi connectivity index (χ0v) is 12.1. The highest BCUT2D eigenvalue weighted by molar-refractivity contribution is 7.85. The Labute approximate surface area is 121 Å². The van der Waals surface area contributed by atoms with Gasteiger partial charge in [-0.2, -0.15) is 0 Å². The van der Waals surface area contributed by atoms with Crippen molar-refractivity contribution in [3.05, 3.63) is 48.5 Å². The van der Waals surface area contributed by atoms with Crippen molar-refractivity contribution in [2.75, 3.05) is 25.2 Å². The number of ether oxygens (including phenoxy) is 2. The minimum absolute atomic E-state index is 0.383. The number of nitrogens with two attached hydrogens (primary N) is 1. The molecule has 1 unspecified atom stereocenters. The van der Waals surface area contributed by atoms with Crippen molar-refractivity contribution in [2.45, 2.75) is 4.90 Å². The monoisotopic (exact) mass is 291 g/mol. The third-order valence-corrected chi connectivity index (χ3v) is 4.04. The van der Waals surface area contributed by atoms with Crippen LogP contribution in [-0.2, 0) is 10.8 Å². The lowest BCUT2D eigenvalue weighted by Crippen LogP contribution is -2.08. The number of rotatable bonds is 6. The summed E-state index contributed by atoms with van der Waals surface area (Å²) in [6.45, 7) is 0.383. The second-order valence-electron chi connectivity index (χ2n) is 4.15. The van der Waals surface area contributed by atoms with E-state index in [4.69, 9.17) is 15.2 Å². The number of methoxy groups -OCH3 is 1. The van der Waals surface area contributed by atoms with E-state index in [9.17, 15) is 4.21 Å². The van der Waals surface area contributed by atoms with E-state index in [1.54, 1.807) is 31.4 Å². The zero-order valence-electron chi connectivity index (χ0n) is 11.2. The molecule has 2 aromatic rings. The first kappa shape index (κ1) is 14.4. The molecule has 0 aliphatic carbocycles. The van der Waals surface area contributed by atoms with E-state index in [-0.39, 0.29) is 0 Å². The van der Waals surface area contributed by atoms with Crippen LogP contribution >= 0.6 is 0 Å². The van der Waals surface area contributed by atoms with Gasteiger partial charge in [-0.25, -0.2) is 0 Å². The van der Waals surface area contributed by atoms with E-state index in [1.807, 2.05) is 24.3 Å². The molecule has 0 bridgehead atoms. The van der Waals surface area contributed by atoms with Crippen LogP contribution in [0.3, 0.4) is 0 Å². The molecule has 0 saturated heterocycles. The Bertz CT molecular complexity index is 584. The molecule has 1 atom stereocenters. The smallest absolute Gasteiger partial charge is 0.119 e. The van der Waals surface area contributed by atoms with Gasteiger partial charge in [0.2, 0.25) is 0 Å². The molecule has 20 heavy (non-hydrogen) atoms. The number of nitrogen functional groups attached to an aromatic ring is 1. The van der Waals surface area contributed by atoms with Gasteiger partial charge in [-0.1, -0.05) is 6.07 Å². The highest BCUT2D eigenvalue weighted by Crippen LogP contribution is 2.17. The average Bonchev–Trinajstić information content (AvgIpc) is 2.48. The fourth-order valence-electron chi connectivity index (χ4n) is 1.68. The molecule has 0 saturated carbocycles. The summed E-state index contributed by atoms with van der Waals surface area (Å²) >= 11 is 0. The first-order valence-electron chi connectivity index (χ1n) is 6.20. The Morgan fingerprint density at radius 1 is 1.10 bits per heavy atom. The van der Waals surface area contributed by atoms with Crippen LogP contribution in [0.25, 0.3) is 0 Å². The summed E-state index contributed by atoms with van der Waals surface area (Å²) in [7, 11) is 0.513. The van der Waals surface area contributed by atoms with Gasteiger partial charge < -0.3 is 15.2 Å². The summed E-state index contributed by atoms with van der Waals surface area (Å²) in [6, 6.07) is 14.4. The average molecular weight is 291 g/mol. The molecule has 4 nitrogen and oxygen atoms in total. The second kappa shape index (κ2) is 6.96. The topological polar surface area (TPSA) is 61.5 Å². The second-order valence-corrected chi connectivity index (χ2v) is 5.72. The molecule has 0 heterocycles. The molecule has 0 fully saturated rings. The highest BCUT2D eigenvalue weighted by Gasteiger charge is 2.04. The van der Waals surface area contributed by atoms with Crippen molar-refractivity contribution in [3.8, 4) is 11.5 Å². The van der Waals surface area contributed by atoms with Gasteiger partial charge in [0, 0.05) is 10.6 Å². The lowest BCUT2D eigenvalue weighted by Gasteiger charge is -2.07. The van der Waals surface area contributed by atoms with Crippen LogP contribution in [0, 0.1) is 0 Å². The molecule has 0 radical (unpaired) electrons. The lowest BCUT2D eigenvalue weighted by atomic mass is 10.3. The minimum Gasteiger partial charge on any atom is -0.497 e. The van der Waals surface area contributed by atoms with Crippen LogP contribution in [0.2, 0.25) is 0 Å². The van der Waals surface area contributed by atoms with E-state index in [0.29, 0.717) is 18.0 Å². The third kappa shape index (κ3) is 3.99. The van der Waals surface area contributed by atoms with Gasteiger partial charge in [0.1, 0.15) is 18.1 Å². The zero-order chi connectivity index (χ0) is 14.4. The lowest BCUT2D eigenvalue weighted by molar-refractivity contribution is 0.341. The van der Waals surface area contributed by atoms with Crippen molar-refractivity contribution < 1.29 is 13.7 Å². The standard InChI is InChI=1S/C15H17NO3S/c1-18-13-5-7-14(8-6-13)19-9-10-20(17)15-4-2-3-12(16)11-15/h2-8,11H,9-10,16H2,1H3. The van der Waals surface area contributed by atoms with Gasteiger partial charge in [-0.05, 0) is 42.5 Å². The molecule has 0 aliphatic heterocycles. The highest BCUT2D eigenvalue weighted by atomic mass is 32.2. The quantitative estimate of drug-likeness (QED) is 0.831. The molecule has 0 spiro atoms. The molecule has 106 valence electrons. The van der Waals surface area contributed by atoms with E-state index >= 15 is 0 Å². The van der Waals surface area contributed by atoms with Crippen LogP contribution in [0.5, 0.6) is 11.5 Å². The SMILES string of the molecule is COc1ccc(OCCS(=O)c2cccc(N)c2)cc1. The largest absolute Gasteiger partial charge is 0.497 e. The summed E-state index contributed by atoms with van der Waals surface area (Å²) in [5.41, 5.74) is 6.28. The summed E-state index contributed by atoms with van der Waals surface area (Å²) in [5.74, 6) is 1.94. The van der Waals surface area contributed by atoms with Crippen molar-refractivity contribution in [1.29, 1.82) is 0 Å². The fourth-order valence-corrected chi connectivity index (χ4v) is 2.65. The molecule has 0 amide bonds. The van der Waals surface area contributed by atoms with Crippen LogP contribution in [0.1, 0.15) is 0 Å². The number of anilines is 1. The maximum absolute atomic E-state index is 12.0. The molecule has 2 aromatic carbocycles. The Morgan fingerprint density at radius 3 is 2.45 bits per heavy atom. The maximum atomic E-state index is 12.0. The Balaban J connectivity index is 1.84. The van der Waals surface area contributed by atoms with Crippen LogP contribution < -0.4 is 15.2 Å². The van der Waals surface area contributed by atoms with E-state index in [2.05, 4.69) is 0 Å². The number of hydrogen-bond donors (Lipinski definition) is 1. The van der Waals surface area contributed by atoms with Gasteiger partial charge in [-0.15, -0.1) is 0 Å². The van der Waals surface area contributed by atoms with Gasteiger partial charge in [-0.3, -0.25) is 4.21 Å². The van der Waals surface area contributed by atoms with Crippen molar-refractivity contribution >= 4 is 16.5 Å². The van der Waals surface area contributed by atoms with Crippen LogP contribution in [-0.4, -0.2) is 23.7 Å². The van der Waals surface area contributed by atoms with Crippen molar-refractivity contribution in [1.82, 2.24) is 0 Å². The van der Waals surface area contributed by atoms with Crippen LogP contribution in [0.4, 0.5) is 5.69 Å². The van der Waals surface area contributed by atoms with E-state index in [1.165, 1.54) is 0 Å². The summed E-state index contributed by atoms with van der Waals surface area (Å²) in [4.78, 5) is 0.725. The Morgan fingerprint density at radius 2 is 1.80 bits per heavy atom. The molecule has 0 aromatic heterocycles. The molecule has 0 aliphatic rings. The molecule has 2 rings (SSSR count). The van der Waals surface area contributed by atoms with Crippen LogP contribution in [0.15, 0.2) is 53.4 Å². The predicted octanol–water partition coefficient (Wildman–Crippen LogP) is 2.46. The predicted molar refractivity (Wildman–Crippen MR) is 80.6 cm³/mol. The molecular formula is C15H17NO3S. The van der Waals surface area contributed by atoms with Gasteiger partial charge in [0.15, 0.2) is 0 Å². The molecule has 2 N–H and O–H groups in total. The Kier molecular flexibility index (Phi) is 5.01. The maximum Gasteiger partial charge on any atom is 0.119 e. The van der Waals surface area contributed by atoms with Crippen molar-refractivity contribution in [2.24, 2.45) is 0 Å². The van der Waals surface area contributed by atoms with E-state index in [0.717, 1.165) is 16.4 Å². The molecule has 5 heteroatoms. The first-order valence-corrected chi connectivity index (χ1v) is 7.51. The van der Waals surface area contributed by atoms with Gasteiger partial charge in [0.05, 0.1) is 23.7 Å². The number of benzene rings is 2. The first-order chi connectivity index (χ1) is 9.69. The molecular weight excluding hydrogens is 274 g/mol. The van der Waals surface area contributed by atoms with E-state index < -0.39 is 10.8 Å².